The Morgan fingerprint density at radius 3 is 2.57 bits per heavy atom. The zero-order valence-electron chi connectivity index (χ0n) is 16.3. The molecule has 1 aliphatic rings. The molecule has 0 saturated carbocycles. The van der Waals surface area contributed by atoms with Crippen molar-refractivity contribution in [3.05, 3.63) is 63.1 Å². The smallest absolute Gasteiger partial charge is 0.261 e. The summed E-state index contributed by atoms with van der Waals surface area (Å²) in [5.41, 5.74) is 1.54. The number of aromatic hydroxyl groups is 1. The van der Waals surface area contributed by atoms with Gasteiger partial charge in [0, 0.05) is 23.8 Å². The van der Waals surface area contributed by atoms with E-state index in [2.05, 4.69) is 4.98 Å². The van der Waals surface area contributed by atoms with Crippen LogP contribution in [0, 0.1) is 6.92 Å². The van der Waals surface area contributed by atoms with Crippen LogP contribution in [-0.4, -0.2) is 39.3 Å². The number of pyridine rings is 1. The standard InChI is InChI=1S/C22H26N2O4/c1-14-19(15(2)25)13-20(21(27)23-14)22(28)24-12-4-3-5-17(24)9-6-16-7-10-18(26)11-8-16/h7-8,10-11,13,17,26H,3-6,9,12H2,1-2H3,(H,23,27)/t17-/m0/s1. The lowest BCUT2D eigenvalue weighted by Gasteiger charge is -2.36. The van der Waals surface area contributed by atoms with Crippen LogP contribution < -0.4 is 5.56 Å². The Morgan fingerprint density at radius 1 is 1.18 bits per heavy atom. The van der Waals surface area contributed by atoms with Gasteiger partial charge in [-0.15, -0.1) is 0 Å². The minimum Gasteiger partial charge on any atom is -0.508 e. The molecule has 1 aliphatic heterocycles. The van der Waals surface area contributed by atoms with Crippen molar-refractivity contribution in [2.75, 3.05) is 6.54 Å². The first-order valence-electron chi connectivity index (χ1n) is 9.70. The molecular weight excluding hydrogens is 356 g/mol. The summed E-state index contributed by atoms with van der Waals surface area (Å²) in [6.45, 7) is 3.70. The largest absolute Gasteiger partial charge is 0.508 e. The van der Waals surface area contributed by atoms with Gasteiger partial charge in [0.15, 0.2) is 5.78 Å². The highest BCUT2D eigenvalue weighted by molar-refractivity contribution is 6.00. The number of carbonyl (C=O) groups is 2. The van der Waals surface area contributed by atoms with E-state index < -0.39 is 5.56 Å². The molecule has 0 bridgehead atoms. The summed E-state index contributed by atoms with van der Waals surface area (Å²) in [6, 6.07) is 8.58. The highest BCUT2D eigenvalue weighted by Crippen LogP contribution is 2.24. The van der Waals surface area contributed by atoms with E-state index in [4.69, 9.17) is 0 Å². The van der Waals surface area contributed by atoms with E-state index in [0.717, 1.165) is 37.7 Å². The number of piperidine rings is 1. The third kappa shape index (κ3) is 4.32. The Bertz CT molecular complexity index is 931. The lowest BCUT2D eigenvalue weighted by atomic mass is 9.95. The third-order valence-electron chi connectivity index (χ3n) is 5.44. The zero-order valence-corrected chi connectivity index (χ0v) is 16.3. The van der Waals surface area contributed by atoms with E-state index in [1.807, 2.05) is 12.1 Å². The number of phenols is 1. The van der Waals surface area contributed by atoms with Gasteiger partial charge >= 0.3 is 0 Å². The second-order valence-electron chi connectivity index (χ2n) is 7.46. The summed E-state index contributed by atoms with van der Waals surface area (Å²) in [6.07, 6.45) is 4.43. The number of aromatic amines is 1. The molecule has 28 heavy (non-hydrogen) atoms. The van der Waals surface area contributed by atoms with Gasteiger partial charge in [-0.1, -0.05) is 12.1 Å². The quantitative estimate of drug-likeness (QED) is 0.777. The Labute approximate surface area is 164 Å². The molecular formula is C22H26N2O4. The van der Waals surface area contributed by atoms with Crippen LogP contribution in [0.4, 0.5) is 0 Å². The van der Waals surface area contributed by atoms with Crippen LogP contribution in [0.3, 0.4) is 0 Å². The number of likely N-dealkylation sites (tertiary alicyclic amines) is 1. The summed E-state index contributed by atoms with van der Waals surface area (Å²) in [7, 11) is 0. The van der Waals surface area contributed by atoms with E-state index in [0.29, 0.717) is 17.8 Å². The molecule has 1 fully saturated rings. The molecule has 1 aromatic carbocycles. The number of hydrogen-bond acceptors (Lipinski definition) is 4. The fraction of sp³-hybridized carbons (Fsp3) is 0.409. The predicted octanol–water partition coefficient (Wildman–Crippen LogP) is 3.22. The van der Waals surface area contributed by atoms with E-state index >= 15 is 0 Å². The van der Waals surface area contributed by atoms with Crippen molar-refractivity contribution >= 4 is 11.7 Å². The van der Waals surface area contributed by atoms with E-state index in [9.17, 15) is 19.5 Å². The first-order valence-corrected chi connectivity index (χ1v) is 9.70. The summed E-state index contributed by atoms with van der Waals surface area (Å²) in [4.78, 5) is 41.7. The second-order valence-corrected chi connectivity index (χ2v) is 7.46. The molecule has 148 valence electrons. The molecule has 2 heterocycles. The van der Waals surface area contributed by atoms with Crippen molar-refractivity contribution in [3.63, 3.8) is 0 Å². The number of hydrogen-bond donors (Lipinski definition) is 2. The van der Waals surface area contributed by atoms with Gasteiger partial charge in [-0.2, -0.15) is 0 Å². The Kier molecular flexibility index (Phi) is 5.97. The minimum absolute atomic E-state index is 0.0346. The number of carbonyl (C=O) groups excluding carboxylic acids is 2. The normalized spacial score (nSPS) is 16.8. The number of nitrogens with one attached hydrogen (secondary N) is 1. The van der Waals surface area contributed by atoms with Gasteiger partial charge in [-0.05, 0) is 69.7 Å². The number of Topliss-reactive ketones (excluding diaryl/α,β-unsaturated/α-hetero) is 1. The van der Waals surface area contributed by atoms with Crippen molar-refractivity contribution in [2.24, 2.45) is 0 Å². The van der Waals surface area contributed by atoms with Gasteiger partial charge in [-0.3, -0.25) is 14.4 Å². The summed E-state index contributed by atoms with van der Waals surface area (Å²) in [5.74, 6) is -0.248. The number of nitrogens with zero attached hydrogens (tertiary/aromatic N) is 1. The van der Waals surface area contributed by atoms with Crippen LogP contribution in [-0.2, 0) is 6.42 Å². The second kappa shape index (κ2) is 8.42. The van der Waals surface area contributed by atoms with Crippen LogP contribution >= 0.6 is 0 Å². The topological polar surface area (TPSA) is 90.5 Å². The molecule has 0 aliphatic carbocycles. The Hall–Kier alpha value is -2.89. The predicted molar refractivity (Wildman–Crippen MR) is 107 cm³/mol. The van der Waals surface area contributed by atoms with Crippen LogP contribution in [0.1, 0.15) is 64.6 Å². The van der Waals surface area contributed by atoms with Crippen molar-refractivity contribution in [2.45, 2.75) is 52.0 Å². The van der Waals surface area contributed by atoms with Gasteiger partial charge in [-0.25, -0.2) is 0 Å². The molecule has 6 nitrogen and oxygen atoms in total. The minimum atomic E-state index is -0.449. The summed E-state index contributed by atoms with van der Waals surface area (Å²) in [5, 5.41) is 9.41. The number of phenolic OH excluding ortho intramolecular Hbond substituents is 1. The fourth-order valence-electron chi connectivity index (χ4n) is 3.87. The van der Waals surface area contributed by atoms with Gasteiger partial charge in [0.05, 0.1) is 0 Å². The third-order valence-corrected chi connectivity index (χ3v) is 5.44. The average Bonchev–Trinajstić information content (AvgIpc) is 2.67. The molecule has 2 aromatic rings. The van der Waals surface area contributed by atoms with Crippen molar-refractivity contribution < 1.29 is 14.7 Å². The lowest BCUT2D eigenvalue weighted by Crippen LogP contribution is -2.45. The van der Waals surface area contributed by atoms with Gasteiger partial charge in [0.2, 0.25) is 0 Å². The monoisotopic (exact) mass is 382 g/mol. The maximum absolute atomic E-state index is 13.1. The number of benzene rings is 1. The number of aryl methyl sites for hydroxylation is 2. The average molecular weight is 382 g/mol. The van der Waals surface area contributed by atoms with Crippen molar-refractivity contribution in [1.82, 2.24) is 9.88 Å². The van der Waals surface area contributed by atoms with Gasteiger partial charge in [0.1, 0.15) is 11.3 Å². The van der Waals surface area contributed by atoms with Gasteiger partial charge < -0.3 is 15.0 Å². The van der Waals surface area contributed by atoms with Crippen LogP contribution in [0.15, 0.2) is 35.1 Å². The maximum atomic E-state index is 13.1. The number of rotatable bonds is 5. The number of aromatic nitrogens is 1. The van der Waals surface area contributed by atoms with Crippen molar-refractivity contribution in [3.8, 4) is 5.75 Å². The molecule has 2 N–H and O–H groups in total. The molecule has 0 unspecified atom stereocenters. The van der Waals surface area contributed by atoms with Crippen molar-refractivity contribution in [1.29, 1.82) is 0 Å². The first-order chi connectivity index (χ1) is 13.4. The van der Waals surface area contributed by atoms with Crippen LogP contribution in [0.2, 0.25) is 0 Å². The molecule has 0 spiro atoms. The molecule has 3 rings (SSSR count). The first kappa shape index (κ1) is 19.9. The number of amides is 1. The summed E-state index contributed by atoms with van der Waals surface area (Å²) < 4.78 is 0. The maximum Gasteiger partial charge on any atom is 0.261 e. The summed E-state index contributed by atoms with van der Waals surface area (Å²) >= 11 is 0. The van der Waals surface area contributed by atoms with Gasteiger partial charge in [0.25, 0.3) is 11.5 Å². The highest BCUT2D eigenvalue weighted by Gasteiger charge is 2.29. The molecule has 1 aromatic heterocycles. The molecule has 1 amide bonds. The number of H-pyrrole nitrogens is 1. The molecule has 6 heteroatoms. The van der Waals surface area contributed by atoms with Crippen LogP contribution in [0.25, 0.3) is 0 Å². The van der Waals surface area contributed by atoms with E-state index in [1.54, 1.807) is 24.0 Å². The number of ketones is 1. The van der Waals surface area contributed by atoms with E-state index in [1.165, 1.54) is 13.0 Å². The Balaban J connectivity index is 1.80. The molecule has 1 saturated heterocycles. The van der Waals surface area contributed by atoms with E-state index in [-0.39, 0.29) is 29.0 Å². The zero-order chi connectivity index (χ0) is 20.3. The highest BCUT2D eigenvalue weighted by atomic mass is 16.3. The fourth-order valence-corrected chi connectivity index (χ4v) is 3.87. The lowest BCUT2D eigenvalue weighted by molar-refractivity contribution is 0.0600. The van der Waals surface area contributed by atoms with Crippen LogP contribution in [0.5, 0.6) is 5.75 Å². The SMILES string of the molecule is CC(=O)c1cc(C(=O)N2CCCC[C@H]2CCc2ccc(O)cc2)c(=O)[nH]c1C. The molecule has 0 radical (unpaired) electrons. The molecule has 1 atom stereocenters. The Morgan fingerprint density at radius 2 is 1.89 bits per heavy atom.